The molecule has 0 aliphatic heterocycles. The van der Waals surface area contributed by atoms with Gasteiger partial charge in [0, 0.05) is 0 Å². The number of hydrogen-bond donors (Lipinski definition) is 2. The summed E-state index contributed by atoms with van der Waals surface area (Å²) in [6, 6.07) is 5.23. The molecule has 15 heteroatoms. The highest BCUT2D eigenvalue weighted by Crippen LogP contribution is 2.33. The van der Waals surface area contributed by atoms with Crippen LogP contribution in [0.3, 0.4) is 0 Å². The Labute approximate surface area is 162 Å². The molecule has 158 valence electrons. The first-order chi connectivity index (χ1) is 13.5. The van der Waals surface area contributed by atoms with Crippen LogP contribution in [0.15, 0.2) is 40.3 Å². The fourth-order valence-corrected chi connectivity index (χ4v) is 3.45. The Morgan fingerprint density at radius 1 is 1.14 bits per heavy atom. The number of benzene rings is 1. The molecule has 0 radical (unpaired) electrons. The number of rotatable bonds is 6. The molecule has 2 rings (SSSR count). The summed E-state index contributed by atoms with van der Waals surface area (Å²) in [5, 5.41) is 3.09. The van der Waals surface area contributed by atoms with Gasteiger partial charge in [-0.2, -0.15) is 14.3 Å². The van der Waals surface area contributed by atoms with Gasteiger partial charge in [-0.25, -0.2) is 8.42 Å². The number of para-hydroxylation sites is 1. The van der Waals surface area contributed by atoms with E-state index in [9.17, 15) is 21.6 Å². The Morgan fingerprint density at radius 2 is 1.69 bits per heavy atom. The Hall–Kier alpha value is -3.49. The minimum Gasteiger partial charge on any atom is -0.481 e. The first-order valence-corrected chi connectivity index (χ1v) is 8.88. The molecular formula is C14H15F3N6O5S. The standard InChI is InChI=1S/C14H15F3N6O5S/c1-26-10-7-11(27-2)21-13(20-10)23(12(18)22-19)29(24,25)9-6-4-3-5-8(9)28-14(15,16)17/h3-7H,19H2,1-2H3,(H2,18,22). The fourth-order valence-electron chi connectivity index (χ4n) is 2.05. The van der Waals surface area contributed by atoms with Crippen LogP contribution in [0.25, 0.3) is 0 Å². The van der Waals surface area contributed by atoms with Gasteiger partial charge in [-0.3, -0.25) is 0 Å². The minimum absolute atomic E-state index is 0.128. The van der Waals surface area contributed by atoms with Gasteiger partial charge in [0.2, 0.25) is 17.7 Å². The van der Waals surface area contributed by atoms with Gasteiger partial charge in [-0.15, -0.1) is 18.3 Å². The lowest BCUT2D eigenvalue weighted by Crippen LogP contribution is -2.44. The van der Waals surface area contributed by atoms with Crippen molar-refractivity contribution in [2.45, 2.75) is 11.3 Å². The summed E-state index contributed by atoms with van der Waals surface area (Å²) in [7, 11) is -2.42. The first kappa shape index (κ1) is 21.8. The lowest BCUT2D eigenvalue weighted by atomic mass is 10.3. The van der Waals surface area contributed by atoms with Crippen LogP contribution < -0.4 is 30.1 Å². The largest absolute Gasteiger partial charge is 0.573 e. The van der Waals surface area contributed by atoms with Crippen molar-refractivity contribution >= 4 is 21.9 Å². The van der Waals surface area contributed by atoms with Crippen LogP contribution in [0.2, 0.25) is 0 Å². The van der Waals surface area contributed by atoms with Gasteiger partial charge < -0.3 is 25.8 Å². The molecule has 0 saturated carbocycles. The summed E-state index contributed by atoms with van der Waals surface area (Å²) in [6.07, 6.45) is -5.15. The van der Waals surface area contributed by atoms with E-state index >= 15 is 0 Å². The molecular weight excluding hydrogens is 421 g/mol. The van der Waals surface area contributed by atoms with Gasteiger partial charge >= 0.3 is 6.36 Å². The molecule has 0 atom stereocenters. The van der Waals surface area contributed by atoms with E-state index in [1.165, 1.54) is 26.4 Å². The Morgan fingerprint density at radius 3 is 2.17 bits per heavy atom. The van der Waals surface area contributed by atoms with Crippen molar-refractivity contribution < 1.29 is 35.8 Å². The van der Waals surface area contributed by atoms with E-state index in [0.29, 0.717) is 0 Å². The topological polar surface area (TPSA) is 155 Å². The van der Waals surface area contributed by atoms with Crippen LogP contribution in [-0.2, 0) is 10.0 Å². The normalized spacial score (nSPS) is 12.4. The summed E-state index contributed by atoms with van der Waals surface area (Å²) < 4.78 is 78.3. The Kier molecular flexibility index (Phi) is 6.21. The molecule has 1 heterocycles. The summed E-state index contributed by atoms with van der Waals surface area (Å²) >= 11 is 0. The number of nitrogens with two attached hydrogens (primary N) is 2. The van der Waals surface area contributed by atoms with Crippen molar-refractivity contribution in [3.8, 4) is 17.5 Å². The highest BCUT2D eigenvalue weighted by molar-refractivity contribution is 7.93. The number of hydrogen-bond acceptors (Lipinski definition) is 9. The fraction of sp³-hybridized carbons (Fsp3) is 0.214. The SMILES string of the molecule is COc1cc(OC)nc(N(C(N)=NN)S(=O)(=O)c2ccccc2OC(F)(F)F)n1. The second-order valence-electron chi connectivity index (χ2n) is 5.00. The van der Waals surface area contributed by atoms with Crippen molar-refractivity contribution in [1.29, 1.82) is 0 Å². The number of anilines is 1. The van der Waals surface area contributed by atoms with Crippen LogP contribution in [-0.4, -0.2) is 44.9 Å². The highest BCUT2D eigenvalue weighted by Gasteiger charge is 2.38. The smallest absolute Gasteiger partial charge is 0.481 e. The summed E-state index contributed by atoms with van der Waals surface area (Å²) in [5.41, 5.74) is 5.58. The van der Waals surface area contributed by atoms with E-state index in [1.54, 1.807) is 0 Å². The van der Waals surface area contributed by atoms with Crippen molar-refractivity contribution in [3.05, 3.63) is 30.3 Å². The van der Waals surface area contributed by atoms with Crippen LogP contribution >= 0.6 is 0 Å². The third-order valence-electron chi connectivity index (χ3n) is 3.20. The average Bonchev–Trinajstić information content (AvgIpc) is 2.66. The van der Waals surface area contributed by atoms with E-state index in [4.69, 9.17) is 21.1 Å². The highest BCUT2D eigenvalue weighted by atomic mass is 32.2. The molecule has 0 unspecified atom stereocenters. The second-order valence-corrected chi connectivity index (χ2v) is 6.76. The molecule has 0 aliphatic carbocycles. The van der Waals surface area contributed by atoms with Crippen molar-refractivity contribution in [1.82, 2.24) is 9.97 Å². The Bertz CT molecular complexity index is 993. The van der Waals surface area contributed by atoms with E-state index < -0.39 is 38.9 Å². The molecule has 4 N–H and O–H groups in total. The number of aromatic nitrogens is 2. The maximum absolute atomic E-state index is 13.1. The third-order valence-corrected chi connectivity index (χ3v) is 4.92. The molecule has 29 heavy (non-hydrogen) atoms. The number of sulfonamides is 1. The monoisotopic (exact) mass is 436 g/mol. The summed E-state index contributed by atoms with van der Waals surface area (Å²) in [6.45, 7) is 0. The number of guanidine groups is 1. The van der Waals surface area contributed by atoms with Gasteiger partial charge in [-0.05, 0) is 12.1 Å². The van der Waals surface area contributed by atoms with Gasteiger partial charge in [0.05, 0.1) is 20.3 Å². The van der Waals surface area contributed by atoms with Gasteiger partial charge in [0.1, 0.15) is 10.6 Å². The number of alkyl halides is 3. The zero-order valence-corrected chi connectivity index (χ0v) is 15.7. The molecule has 1 aromatic heterocycles. The van der Waals surface area contributed by atoms with E-state index in [2.05, 4.69) is 19.8 Å². The quantitative estimate of drug-likeness (QED) is 0.289. The summed E-state index contributed by atoms with van der Waals surface area (Å²) in [5.74, 6) is 2.34. The first-order valence-electron chi connectivity index (χ1n) is 7.44. The Balaban J connectivity index is 2.72. The number of hydrazone groups is 1. The van der Waals surface area contributed by atoms with E-state index in [1.807, 2.05) is 0 Å². The number of ether oxygens (including phenoxy) is 3. The molecule has 2 aromatic rings. The molecule has 0 aliphatic rings. The second kappa shape index (κ2) is 8.26. The number of halogens is 3. The molecule has 0 spiro atoms. The molecule has 0 saturated heterocycles. The van der Waals surface area contributed by atoms with Gasteiger partial charge in [0.25, 0.3) is 16.0 Å². The predicted molar refractivity (Wildman–Crippen MR) is 93.7 cm³/mol. The minimum atomic E-state index is -5.15. The lowest BCUT2D eigenvalue weighted by Gasteiger charge is -2.22. The molecule has 0 fully saturated rings. The predicted octanol–water partition coefficient (Wildman–Crippen LogP) is 0.776. The molecule has 0 bridgehead atoms. The zero-order valence-electron chi connectivity index (χ0n) is 14.9. The third kappa shape index (κ3) is 4.87. The van der Waals surface area contributed by atoms with E-state index in [-0.39, 0.29) is 16.1 Å². The maximum Gasteiger partial charge on any atom is 0.573 e. The van der Waals surface area contributed by atoms with Crippen molar-refractivity contribution in [2.24, 2.45) is 16.7 Å². The molecule has 1 aromatic carbocycles. The maximum atomic E-state index is 13.1. The van der Waals surface area contributed by atoms with Gasteiger partial charge in [-0.1, -0.05) is 12.1 Å². The number of methoxy groups -OCH3 is 2. The zero-order chi connectivity index (χ0) is 21.8. The van der Waals surface area contributed by atoms with Gasteiger partial charge in [0.15, 0.2) is 0 Å². The molecule has 11 nitrogen and oxygen atoms in total. The van der Waals surface area contributed by atoms with Crippen LogP contribution in [0.4, 0.5) is 19.1 Å². The van der Waals surface area contributed by atoms with E-state index in [0.717, 1.165) is 18.2 Å². The van der Waals surface area contributed by atoms with Crippen molar-refractivity contribution in [2.75, 3.05) is 18.5 Å². The summed E-state index contributed by atoms with van der Waals surface area (Å²) in [4.78, 5) is 6.74. The van der Waals surface area contributed by atoms with Crippen LogP contribution in [0.5, 0.6) is 17.5 Å². The lowest BCUT2D eigenvalue weighted by molar-refractivity contribution is -0.275. The molecule has 0 amide bonds. The van der Waals surface area contributed by atoms with Crippen LogP contribution in [0.1, 0.15) is 0 Å². The van der Waals surface area contributed by atoms with Crippen LogP contribution in [0, 0.1) is 0 Å². The number of nitrogens with zero attached hydrogens (tertiary/aromatic N) is 4. The van der Waals surface area contributed by atoms with Crippen molar-refractivity contribution in [3.63, 3.8) is 0 Å². The average molecular weight is 436 g/mol.